The van der Waals surface area contributed by atoms with E-state index in [4.69, 9.17) is 10.3 Å². The zero-order valence-corrected chi connectivity index (χ0v) is 11.8. The normalized spacial score (nSPS) is 12.9. The molecule has 0 saturated heterocycles. The minimum absolute atomic E-state index is 0.0186. The van der Waals surface area contributed by atoms with Gasteiger partial charge in [-0.25, -0.2) is 5.43 Å². The second kappa shape index (κ2) is 6.04. The van der Waals surface area contributed by atoms with Crippen LogP contribution in [0.15, 0.2) is 41.0 Å². The van der Waals surface area contributed by atoms with Crippen LogP contribution >= 0.6 is 0 Å². The summed E-state index contributed by atoms with van der Waals surface area (Å²) in [4.78, 5) is 0. The monoisotopic (exact) mass is 258 g/mol. The van der Waals surface area contributed by atoms with Crippen molar-refractivity contribution in [2.45, 2.75) is 39.2 Å². The van der Waals surface area contributed by atoms with Crippen LogP contribution in [-0.4, -0.2) is 0 Å². The lowest BCUT2D eigenvalue weighted by Crippen LogP contribution is -2.29. The van der Waals surface area contributed by atoms with Gasteiger partial charge in [-0.15, -0.1) is 0 Å². The Hall–Kier alpha value is -1.58. The molecule has 3 heteroatoms. The van der Waals surface area contributed by atoms with Crippen LogP contribution in [0, 0.1) is 0 Å². The van der Waals surface area contributed by atoms with E-state index >= 15 is 0 Å². The molecule has 1 heterocycles. The van der Waals surface area contributed by atoms with E-state index in [1.807, 2.05) is 6.07 Å². The van der Waals surface area contributed by atoms with Gasteiger partial charge in [0.1, 0.15) is 5.76 Å². The average Bonchev–Trinajstić information content (AvgIpc) is 2.88. The van der Waals surface area contributed by atoms with Crippen molar-refractivity contribution in [3.8, 4) is 0 Å². The van der Waals surface area contributed by atoms with Crippen molar-refractivity contribution in [1.29, 1.82) is 0 Å². The van der Waals surface area contributed by atoms with Crippen LogP contribution in [0.3, 0.4) is 0 Å². The van der Waals surface area contributed by atoms with Gasteiger partial charge in [-0.05, 0) is 23.1 Å². The molecule has 1 atom stereocenters. The van der Waals surface area contributed by atoms with Gasteiger partial charge in [0, 0.05) is 12.0 Å². The van der Waals surface area contributed by atoms with E-state index in [0.717, 1.165) is 23.3 Å². The molecule has 0 aliphatic rings. The fourth-order valence-corrected chi connectivity index (χ4v) is 2.33. The molecule has 0 aliphatic carbocycles. The van der Waals surface area contributed by atoms with Crippen LogP contribution in [0.1, 0.15) is 55.2 Å². The molecule has 0 aliphatic heterocycles. The Morgan fingerprint density at radius 3 is 2.26 bits per heavy atom. The summed E-state index contributed by atoms with van der Waals surface area (Å²) in [6, 6.07) is 10.6. The van der Waals surface area contributed by atoms with E-state index in [1.165, 1.54) is 5.56 Å². The minimum Gasteiger partial charge on any atom is -0.469 e. The average molecular weight is 258 g/mol. The highest BCUT2D eigenvalue weighted by molar-refractivity contribution is 5.35. The van der Waals surface area contributed by atoms with Crippen molar-refractivity contribution in [1.82, 2.24) is 5.43 Å². The van der Waals surface area contributed by atoms with E-state index in [1.54, 1.807) is 6.26 Å². The van der Waals surface area contributed by atoms with Crippen molar-refractivity contribution in [2.24, 2.45) is 5.84 Å². The lowest BCUT2D eigenvalue weighted by atomic mass is 9.95. The third-order valence-electron chi connectivity index (χ3n) is 3.52. The van der Waals surface area contributed by atoms with Gasteiger partial charge in [0.2, 0.25) is 0 Å². The molecule has 19 heavy (non-hydrogen) atoms. The van der Waals surface area contributed by atoms with Gasteiger partial charge < -0.3 is 4.42 Å². The molecule has 1 aromatic carbocycles. The van der Waals surface area contributed by atoms with Gasteiger partial charge in [-0.2, -0.15) is 0 Å². The Morgan fingerprint density at radius 2 is 1.74 bits per heavy atom. The number of hydrogen-bond acceptors (Lipinski definition) is 3. The number of nitrogens with one attached hydrogen (secondary N) is 1. The SMILES string of the molecule is CCc1occc1C(NN)c1ccc(C(C)C)cc1. The summed E-state index contributed by atoms with van der Waals surface area (Å²) >= 11 is 0. The maximum absolute atomic E-state index is 5.73. The summed E-state index contributed by atoms with van der Waals surface area (Å²) in [5.74, 6) is 7.25. The Bertz CT molecular complexity index is 514. The molecular formula is C16H22N2O. The smallest absolute Gasteiger partial charge is 0.108 e. The molecule has 1 aromatic heterocycles. The fraction of sp³-hybridized carbons (Fsp3) is 0.375. The highest BCUT2D eigenvalue weighted by atomic mass is 16.3. The lowest BCUT2D eigenvalue weighted by Gasteiger charge is -2.17. The third kappa shape index (κ3) is 2.88. The number of rotatable bonds is 5. The molecule has 0 amide bonds. The van der Waals surface area contributed by atoms with Gasteiger partial charge in [-0.1, -0.05) is 45.0 Å². The number of aryl methyl sites for hydroxylation is 1. The van der Waals surface area contributed by atoms with Gasteiger partial charge in [0.15, 0.2) is 0 Å². The second-order valence-electron chi connectivity index (χ2n) is 5.07. The Kier molecular flexibility index (Phi) is 4.40. The molecule has 0 bridgehead atoms. The van der Waals surface area contributed by atoms with Crippen LogP contribution in [0.25, 0.3) is 0 Å². The Labute approximate surface area is 114 Å². The largest absolute Gasteiger partial charge is 0.469 e. The molecule has 2 aromatic rings. The third-order valence-corrected chi connectivity index (χ3v) is 3.52. The van der Waals surface area contributed by atoms with Gasteiger partial charge >= 0.3 is 0 Å². The van der Waals surface area contributed by atoms with E-state index < -0.39 is 0 Å². The van der Waals surface area contributed by atoms with E-state index in [-0.39, 0.29) is 6.04 Å². The first-order chi connectivity index (χ1) is 9.17. The molecule has 3 N–H and O–H groups in total. The number of hydrogen-bond donors (Lipinski definition) is 2. The summed E-state index contributed by atoms with van der Waals surface area (Å²) in [5, 5.41) is 0. The Morgan fingerprint density at radius 1 is 1.11 bits per heavy atom. The Balaban J connectivity index is 2.32. The van der Waals surface area contributed by atoms with Crippen LogP contribution in [0.2, 0.25) is 0 Å². The van der Waals surface area contributed by atoms with Crippen molar-refractivity contribution < 1.29 is 4.42 Å². The molecule has 0 saturated carbocycles. The predicted octanol–water partition coefficient (Wildman–Crippen LogP) is 3.52. The molecule has 3 nitrogen and oxygen atoms in total. The van der Waals surface area contributed by atoms with Crippen LogP contribution in [0.4, 0.5) is 0 Å². The van der Waals surface area contributed by atoms with Crippen molar-refractivity contribution in [3.63, 3.8) is 0 Å². The van der Waals surface area contributed by atoms with Crippen LogP contribution in [-0.2, 0) is 6.42 Å². The molecule has 102 valence electrons. The quantitative estimate of drug-likeness (QED) is 0.637. The first-order valence-corrected chi connectivity index (χ1v) is 6.79. The molecule has 0 fully saturated rings. The van der Waals surface area contributed by atoms with E-state index in [0.29, 0.717) is 5.92 Å². The summed E-state index contributed by atoms with van der Waals surface area (Å²) in [7, 11) is 0. The first kappa shape index (κ1) is 13.8. The number of hydrazine groups is 1. The van der Waals surface area contributed by atoms with E-state index in [9.17, 15) is 0 Å². The van der Waals surface area contributed by atoms with Crippen LogP contribution in [0.5, 0.6) is 0 Å². The maximum atomic E-state index is 5.73. The zero-order valence-electron chi connectivity index (χ0n) is 11.8. The number of nitrogens with two attached hydrogens (primary N) is 1. The molecule has 1 unspecified atom stereocenters. The van der Waals surface area contributed by atoms with Crippen LogP contribution < -0.4 is 11.3 Å². The maximum Gasteiger partial charge on any atom is 0.108 e. The number of furan rings is 1. The van der Waals surface area contributed by atoms with Crippen molar-refractivity contribution >= 4 is 0 Å². The van der Waals surface area contributed by atoms with E-state index in [2.05, 4.69) is 50.5 Å². The summed E-state index contributed by atoms with van der Waals surface area (Å²) in [5.41, 5.74) is 6.49. The fourth-order valence-electron chi connectivity index (χ4n) is 2.33. The standard InChI is InChI=1S/C16H22N2O/c1-4-15-14(9-10-19-15)16(18-17)13-7-5-12(6-8-13)11(2)3/h5-11,16,18H,4,17H2,1-3H3. The van der Waals surface area contributed by atoms with Gasteiger partial charge in [0.25, 0.3) is 0 Å². The molecule has 0 radical (unpaired) electrons. The van der Waals surface area contributed by atoms with Gasteiger partial charge in [-0.3, -0.25) is 5.84 Å². The van der Waals surface area contributed by atoms with Gasteiger partial charge in [0.05, 0.1) is 12.3 Å². The molecular weight excluding hydrogens is 236 g/mol. The highest BCUT2D eigenvalue weighted by Gasteiger charge is 2.17. The summed E-state index contributed by atoms with van der Waals surface area (Å²) < 4.78 is 5.48. The minimum atomic E-state index is -0.0186. The lowest BCUT2D eigenvalue weighted by molar-refractivity contribution is 0.502. The summed E-state index contributed by atoms with van der Waals surface area (Å²) in [6.07, 6.45) is 2.59. The summed E-state index contributed by atoms with van der Waals surface area (Å²) in [6.45, 7) is 6.47. The predicted molar refractivity (Wildman–Crippen MR) is 77.8 cm³/mol. The molecule has 0 spiro atoms. The number of benzene rings is 1. The van der Waals surface area contributed by atoms with Crippen molar-refractivity contribution in [2.75, 3.05) is 0 Å². The highest BCUT2D eigenvalue weighted by Crippen LogP contribution is 2.27. The molecule has 2 rings (SSSR count). The first-order valence-electron chi connectivity index (χ1n) is 6.79. The van der Waals surface area contributed by atoms with Crippen molar-refractivity contribution in [3.05, 3.63) is 59.0 Å². The second-order valence-corrected chi connectivity index (χ2v) is 5.07. The zero-order chi connectivity index (χ0) is 13.8. The topological polar surface area (TPSA) is 51.2 Å².